The van der Waals surface area contributed by atoms with Crippen molar-refractivity contribution < 1.29 is 23.4 Å². The highest BCUT2D eigenvalue weighted by atomic mass is 32.2. The topological polar surface area (TPSA) is 87.6 Å². The summed E-state index contributed by atoms with van der Waals surface area (Å²) in [7, 11) is -1.19. The Kier molecular flexibility index (Phi) is 5.76. The maximum absolute atomic E-state index is 12.5. The van der Waals surface area contributed by atoms with Gasteiger partial charge in [0.05, 0.1) is 41.7 Å². The number of pyridine rings is 1. The van der Waals surface area contributed by atoms with Crippen molar-refractivity contribution in [1.82, 2.24) is 9.97 Å². The van der Waals surface area contributed by atoms with E-state index in [0.717, 1.165) is 22.5 Å². The predicted molar refractivity (Wildman–Crippen MR) is 100 cm³/mol. The van der Waals surface area contributed by atoms with Gasteiger partial charge in [0, 0.05) is 24.3 Å². The molecule has 2 atom stereocenters. The van der Waals surface area contributed by atoms with E-state index in [-0.39, 0.29) is 6.10 Å². The van der Waals surface area contributed by atoms with Crippen LogP contribution < -0.4 is 9.72 Å². The summed E-state index contributed by atoms with van der Waals surface area (Å²) in [5.41, 5.74) is 2.69. The lowest BCUT2D eigenvalue weighted by Gasteiger charge is -2.22. The molecule has 0 spiro atoms. The lowest BCUT2D eigenvalue weighted by Crippen LogP contribution is -2.33. The molecular formula is C19H22N3O4S+. The number of aryl methyl sites for hydroxylation is 1. The number of ether oxygens (including phenoxy) is 3. The summed E-state index contributed by atoms with van der Waals surface area (Å²) in [6.45, 7) is 2.26. The maximum Gasteiger partial charge on any atom is 0.197 e. The Labute approximate surface area is 159 Å². The molecule has 1 aliphatic rings. The molecule has 142 valence electrons. The molecule has 3 heterocycles. The zero-order chi connectivity index (χ0) is 18.5. The van der Waals surface area contributed by atoms with Crippen molar-refractivity contribution >= 4 is 21.8 Å². The van der Waals surface area contributed by atoms with Gasteiger partial charge in [-0.05, 0) is 12.1 Å². The number of para-hydroxylation sites is 2. The molecule has 4 rings (SSSR count). The number of imidazole rings is 1. The van der Waals surface area contributed by atoms with E-state index in [1.807, 2.05) is 42.6 Å². The summed E-state index contributed by atoms with van der Waals surface area (Å²) in [6.07, 6.45) is 2.42. The molecule has 2 N–H and O–H groups in total. The first kappa shape index (κ1) is 18.1. The van der Waals surface area contributed by atoms with E-state index in [1.165, 1.54) is 0 Å². The fourth-order valence-corrected chi connectivity index (χ4v) is 3.91. The Morgan fingerprint density at radius 1 is 1.30 bits per heavy atom. The highest BCUT2D eigenvalue weighted by molar-refractivity contribution is 7.84. The second kappa shape index (κ2) is 8.60. The van der Waals surface area contributed by atoms with E-state index in [9.17, 15) is 4.21 Å². The molecular weight excluding hydrogens is 366 g/mol. The van der Waals surface area contributed by atoms with E-state index < -0.39 is 10.8 Å². The van der Waals surface area contributed by atoms with E-state index in [2.05, 4.69) is 15.0 Å². The molecule has 27 heavy (non-hydrogen) atoms. The van der Waals surface area contributed by atoms with Crippen LogP contribution in [0.3, 0.4) is 0 Å². The summed E-state index contributed by atoms with van der Waals surface area (Å²) in [5.74, 6) is 1.23. The van der Waals surface area contributed by atoms with Gasteiger partial charge >= 0.3 is 0 Å². The van der Waals surface area contributed by atoms with Crippen molar-refractivity contribution in [3.63, 3.8) is 0 Å². The highest BCUT2D eigenvalue weighted by Gasteiger charge is 2.16. The lowest BCUT2D eigenvalue weighted by atomic mass is 10.3. The summed E-state index contributed by atoms with van der Waals surface area (Å²) in [4.78, 5) is 10.7. The molecule has 1 saturated heterocycles. The molecule has 0 bridgehead atoms. The number of nitrogens with zero attached hydrogens (tertiary/aromatic N) is 1. The third kappa shape index (κ3) is 4.71. The van der Waals surface area contributed by atoms with Crippen LogP contribution in [0.2, 0.25) is 0 Å². The van der Waals surface area contributed by atoms with Crippen molar-refractivity contribution in [2.45, 2.75) is 17.7 Å². The Morgan fingerprint density at radius 3 is 3.07 bits per heavy atom. The van der Waals surface area contributed by atoms with Gasteiger partial charge in [-0.1, -0.05) is 12.1 Å². The smallest absolute Gasteiger partial charge is 0.197 e. The number of rotatable bonds is 7. The largest absolute Gasteiger partial charge is 0.490 e. The third-order valence-electron chi connectivity index (χ3n) is 4.29. The zero-order valence-electron chi connectivity index (χ0n) is 14.8. The van der Waals surface area contributed by atoms with Gasteiger partial charge in [-0.3, -0.25) is 4.21 Å². The average molecular weight is 388 g/mol. The number of hydrogen-bond donors (Lipinski definition) is 1. The maximum atomic E-state index is 12.5. The number of nitrogens with one attached hydrogen (secondary N) is 2. The first-order chi connectivity index (χ1) is 13.3. The van der Waals surface area contributed by atoms with Crippen LogP contribution in [0.25, 0.3) is 11.0 Å². The Bertz CT molecular complexity index is 891. The van der Waals surface area contributed by atoms with E-state index in [4.69, 9.17) is 14.2 Å². The van der Waals surface area contributed by atoms with Crippen LogP contribution in [0.4, 0.5) is 0 Å². The van der Waals surface area contributed by atoms with Gasteiger partial charge in [0.1, 0.15) is 18.5 Å². The van der Waals surface area contributed by atoms with Crippen molar-refractivity contribution in [2.75, 3.05) is 32.2 Å². The molecule has 0 aliphatic carbocycles. The first-order valence-electron chi connectivity index (χ1n) is 8.94. The van der Waals surface area contributed by atoms with Crippen LogP contribution in [0, 0.1) is 0 Å². The van der Waals surface area contributed by atoms with Crippen molar-refractivity contribution in [3.8, 4) is 5.75 Å². The van der Waals surface area contributed by atoms with Crippen LogP contribution in [-0.2, 0) is 26.7 Å². The number of benzene rings is 1. The average Bonchev–Trinajstić information content (AvgIpc) is 3.16. The lowest BCUT2D eigenvalue weighted by molar-refractivity contribution is -0.390. The van der Waals surface area contributed by atoms with Gasteiger partial charge in [-0.25, -0.2) is 9.97 Å². The minimum absolute atomic E-state index is 0.0352. The van der Waals surface area contributed by atoms with Crippen LogP contribution in [0.15, 0.2) is 47.8 Å². The number of H-pyrrole nitrogens is 2. The summed E-state index contributed by atoms with van der Waals surface area (Å²) < 4.78 is 29.3. The fraction of sp³-hybridized carbons (Fsp3) is 0.368. The molecule has 8 heteroatoms. The summed E-state index contributed by atoms with van der Waals surface area (Å²) >= 11 is 0. The van der Waals surface area contributed by atoms with Crippen LogP contribution in [0.1, 0.15) is 5.69 Å². The summed E-state index contributed by atoms with van der Waals surface area (Å²) in [6, 6.07) is 11.5. The molecule has 1 fully saturated rings. The Morgan fingerprint density at radius 2 is 2.22 bits per heavy atom. The normalized spacial score (nSPS) is 18.4. The molecule has 7 nitrogen and oxygen atoms in total. The van der Waals surface area contributed by atoms with E-state index >= 15 is 0 Å². The van der Waals surface area contributed by atoms with Gasteiger partial charge in [0.2, 0.25) is 0 Å². The second-order valence-corrected chi connectivity index (χ2v) is 7.77. The van der Waals surface area contributed by atoms with Crippen molar-refractivity contribution in [1.29, 1.82) is 0 Å². The fourth-order valence-electron chi connectivity index (χ4n) is 2.88. The quantitative estimate of drug-likeness (QED) is 0.663. The Balaban J connectivity index is 1.33. The van der Waals surface area contributed by atoms with Gasteiger partial charge in [0.15, 0.2) is 17.0 Å². The minimum Gasteiger partial charge on any atom is -0.490 e. The molecule has 2 unspecified atom stereocenters. The molecule has 1 aliphatic heterocycles. The van der Waals surface area contributed by atoms with Gasteiger partial charge in [-0.2, -0.15) is 0 Å². The zero-order valence-corrected chi connectivity index (χ0v) is 15.7. The van der Waals surface area contributed by atoms with Crippen LogP contribution in [-0.4, -0.2) is 52.5 Å². The monoisotopic (exact) mass is 388 g/mol. The first-order valence-corrected chi connectivity index (χ1v) is 10.3. The van der Waals surface area contributed by atoms with E-state index in [1.54, 1.807) is 0 Å². The molecule has 2 aromatic heterocycles. The van der Waals surface area contributed by atoms with Crippen molar-refractivity contribution in [3.05, 3.63) is 48.3 Å². The van der Waals surface area contributed by atoms with Gasteiger partial charge in [-0.15, -0.1) is 0 Å². The van der Waals surface area contributed by atoms with Crippen molar-refractivity contribution in [2.24, 2.45) is 0 Å². The summed E-state index contributed by atoms with van der Waals surface area (Å²) in [5, 5.41) is 0.512. The van der Waals surface area contributed by atoms with Gasteiger partial charge < -0.3 is 19.2 Å². The molecule has 0 radical (unpaired) electrons. The minimum atomic E-state index is -1.19. The SMILES string of the molecule is O=S(CCc1cc(OCC2COCCO2)cc[nH+]1)c1nc2ccccc2[nH]1. The number of hydrogen-bond acceptors (Lipinski definition) is 5. The number of aromatic amines is 2. The molecule has 0 amide bonds. The van der Waals surface area contributed by atoms with Crippen LogP contribution in [0.5, 0.6) is 5.75 Å². The molecule has 0 saturated carbocycles. The van der Waals surface area contributed by atoms with Gasteiger partial charge in [0.25, 0.3) is 0 Å². The predicted octanol–water partition coefficient (Wildman–Crippen LogP) is 1.52. The molecule has 3 aromatic rings. The number of aromatic nitrogens is 3. The van der Waals surface area contributed by atoms with E-state index in [0.29, 0.717) is 43.8 Å². The second-order valence-electron chi connectivity index (χ2n) is 6.29. The third-order valence-corrected chi connectivity index (χ3v) is 5.49. The highest BCUT2D eigenvalue weighted by Crippen LogP contribution is 2.15. The Hall–Kier alpha value is -2.29. The van der Waals surface area contributed by atoms with Crippen LogP contribution >= 0.6 is 0 Å². The molecule has 1 aromatic carbocycles. The number of fused-ring (bicyclic) bond motifs is 1. The standard InChI is InChI=1S/C19H21N3O4S/c23-27(19-21-17-3-1-2-4-18(17)22-19)10-6-14-11-15(5-7-20-14)26-13-16-12-24-8-9-25-16/h1-5,7,11,16H,6,8-10,12-13H2,(H,21,22)/p+1.